The van der Waals surface area contributed by atoms with Gasteiger partial charge in [0.05, 0.1) is 0 Å². The number of hydrogen-bond donors (Lipinski definition) is 0. The van der Waals surface area contributed by atoms with Gasteiger partial charge < -0.3 is 0 Å². The van der Waals surface area contributed by atoms with Gasteiger partial charge in [-0.3, -0.25) is 0 Å². The van der Waals surface area contributed by atoms with Gasteiger partial charge in [0.2, 0.25) is 0 Å². The summed E-state index contributed by atoms with van der Waals surface area (Å²) in [7, 11) is 0. The molecule has 0 aromatic heterocycles. The summed E-state index contributed by atoms with van der Waals surface area (Å²) in [5.41, 5.74) is 0. The Bertz CT molecular complexity index is 8.00. The predicted molar refractivity (Wildman–Crippen MR) is 28.4 cm³/mol. The molecule has 0 aromatic rings. The van der Waals surface area contributed by atoms with E-state index in [0.717, 1.165) is 0 Å². The van der Waals surface area contributed by atoms with Gasteiger partial charge >= 0.3 is 76.0 Å². The van der Waals surface area contributed by atoms with Crippen molar-refractivity contribution in [1.29, 1.82) is 0 Å². The minimum absolute atomic E-state index is 0. The molecule has 0 fully saturated rings. The Labute approximate surface area is 101 Å². The number of rotatable bonds is 0. The SMILES string of the molecule is [BiH3].[Cd].[InH3].[SnH2]. The van der Waals surface area contributed by atoms with Crippen molar-refractivity contribution in [2.45, 2.75) is 0 Å². The fraction of sp³-hybridized carbons (Fsp3) is 0. The maximum atomic E-state index is 0. The zero-order valence-corrected chi connectivity index (χ0v) is 15.7. The molecule has 22 valence electrons. The minimum atomic E-state index is 0. The van der Waals surface area contributed by atoms with Crippen molar-refractivity contribution >= 4 is 76.0 Å². The first-order valence-corrected chi connectivity index (χ1v) is 0. The van der Waals surface area contributed by atoms with Crippen molar-refractivity contribution in [3.05, 3.63) is 0 Å². The van der Waals surface area contributed by atoms with E-state index in [1.54, 1.807) is 0 Å². The number of hydrogen-bond acceptors (Lipinski definition) is 0. The molecule has 0 N–H and O–H groups in total. The molecule has 0 aliphatic heterocycles. The van der Waals surface area contributed by atoms with Gasteiger partial charge in [0.15, 0.2) is 0 Å². The molecule has 0 aliphatic rings. The zero-order chi connectivity index (χ0) is 0. The van der Waals surface area contributed by atoms with Crippen LogP contribution in [0.25, 0.3) is 0 Å². The van der Waals surface area contributed by atoms with Crippen LogP contribution in [0.2, 0.25) is 0 Å². The van der Waals surface area contributed by atoms with Gasteiger partial charge in [0.1, 0.15) is 0 Å². The Morgan fingerprint density at radius 1 is 1.00 bits per heavy atom. The normalized spacial score (nSPS) is 0. The molecule has 0 aliphatic carbocycles. The molecular weight excluding hydrogens is 555 g/mol. The Balaban J connectivity index is 0. The van der Waals surface area contributed by atoms with Crippen LogP contribution < -0.4 is 0 Å². The average molecular weight is 563 g/mol. The summed E-state index contributed by atoms with van der Waals surface area (Å²) in [4.78, 5) is 0. The van der Waals surface area contributed by atoms with Gasteiger partial charge in [-0.15, -0.1) is 0 Å². The van der Waals surface area contributed by atoms with E-state index >= 15 is 0 Å². The molecule has 0 saturated heterocycles. The average Bonchev–Trinajstić information content (AvgIpc) is 0. The molecule has 4 heteroatoms. The van der Waals surface area contributed by atoms with Crippen LogP contribution in [-0.4, -0.2) is 76.0 Å². The first-order valence-electron chi connectivity index (χ1n) is 0. The molecule has 2 radical (unpaired) electrons. The molecule has 0 amide bonds. The first-order chi connectivity index (χ1) is 0. The second kappa shape index (κ2) is 16.1. The van der Waals surface area contributed by atoms with Crippen molar-refractivity contribution < 1.29 is 27.3 Å². The van der Waals surface area contributed by atoms with E-state index in [1.165, 1.54) is 0 Å². The van der Waals surface area contributed by atoms with Crippen molar-refractivity contribution in [3.8, 4) is 0 Å². The van der Waals surface area contributed by atoms with Crippen LogP contribution in [0, 0.1) is 0 Å². The molecule has 0 heterocycles. The second-order valence-corrected chi connectivity index (χ2v) is 0. The fourth-order valence-electron chi connectivity index (χ4n) is 0. The van der Waals surface area contributed by atoms with Crippen LogP contribution in [0.15, 0.2) is 0 Å². The van der Waals surface area contributed by atoms with Crippen LogP contribution >= 0.6 is 0 Å². The molecule has 0 rings (SSSR count). The molecule has 0 atom stereocenters. The molecule has 0 aromatic carbocycles. The second-order valence-electron chi connectivity index (χ2n) is 0. The van der Waals surface area contributed by atoms with Crippen LogP contribution in [0.4, 0.5) is 0 Å². The van der Waals surface area contributed by atoms with Crippen molar-refractivity contribution in [2.75, 3.05) is 0 Å². The van der Waals surface area contributed by atoms with Crippen molar-refractivity contribution in [1.82, 2.24) is 0 Å². The summed E-state index contributed by atoms with van der Waals surface area (Å²) >= 11 is 0. The van der Waals surface area contributed by atoms with Crippen LogP contribution in [-0.2, 0) is 27.3 Å². The quantitative estimate of drug-likeness (QED) is 0.272. The molecule has 4 heavy (non-hydrogen) atoms. The van der Waals surface area contributed by atoms with Gasteiger partial charge in [0, 0.05) is 27.3 Å². The van der Waals surface area contributed by atoms with E-state index in [0.29, 0.717) is 0 Å². The van der Waals surface area contributed by atoms with Crippen LogP contribution in [0.3, 0.4) is 0 Å². The van der Waals surface area contributed by atoms with Crippen LogP contribution in [0.5, 0.6) is 0 Å². The standard InChI is InChI=1S/Bi.Cd.In.Sn.8H. The van der Waals surface area contributed by atoms with E-state index in [1.807, 2.05) is 0 Å². The summed E-state index contributed by atoms with van der Waals surface area (Å²) in [6.07, 6.45) is 0. The fourth-order valence-corrected chi connectivity index (χ4v) is 0. The molecule has 0 bridgehead atoms. The third kappa shape index (κ3) is 9.08. The Kier molecular flexibility index (Phi) is 104. The van der Waals surface area contributed by atoms with E-state index < -0.39 is 0 Å². The Hall–Kier alpha value is 3.47. The summed E-state index contributed by atoms with van der Waals surface area (Å²) in [5, 5.41) is 0. The van der Waals surface area contributed by atoms with Crippen molar-refractivity contribution in [2.24, 2.45) is 0 Å². The van der Waals surface area contributed by atoms with E-state index in [-0.39, 0.29) is 103 Å². The van der Waals surface area contributed by atoms with Gasteiger partial charge in [0.25, 0.3) is 0 Å². The maximum absolute atomic E-state index is 0. The monoisotopic (exact) mass is 566 g/mol. The summed E-state index contributed by atoms with van der Waals surface area (Å²) < 4.78 is 0. The van der Waals surface area contributed by atoms with E-state index in [2.05, 4.69) is 0 Å². The van der Waals surface area contributed by atoms with Gasteiger partial charge in [-0.1, -0.05) is 0 Å². The molecule has 0 saturated carbocycles. The van der Waals surface area contributed by atoms with Crippen molar-refractivity contribution in [3.63, 3.8) is 0 Å². The summed E-state index contributed by atoms with van der Waals surface area (Å²) in [6, 6.07) is 0. The third-order valence-corrected chi connectivity index (χ3v) is 0. The Morgan fingerprint density at radius 2 is 1.00 bits per heavy atom. The predicted octanol–water partition coefficient (Wildman–Crippen LogP) is -3.29. The summed E-state index contributed by atoms with van der Waals surface area (Å²) in [5.74, 6) is 0. The summed E-state index contributed by atoms with van der Waals surface area (Å²) in [6.45, 7) is 0. The third-order valence-electron chi connectivity index (χ3n) is 0. The van der Waals surface area contributed by atoms with Gasteiger partial charge in [-0.25, -0.2) is 0 Å². The van der Waals surface area contributed by atoms with E-state index in [4.69, 9.17) is 0 Å². The first kappa shape index (κ1) is 26.0. The van der Waals surface area contributed by atoms with Gasteiger partial charge in [-0.2, -0.15) is 0 Å². The molecule has 0 unspecified atom stereocenters. The topological polar surface area (TPSA) is 0 Å². The molecule has 0 spiro atoms. The molecular formula is H8BiCdInSn. The van der Waals surface area contributed by atoms with E-state index in [9.17, 15) is 0 Å². The molecule has 0 nitrogen and oxygen atoms in total. The Morgan fingerprint density at radius 3 is 1.00 bits per heavy atom. The zero-order valence-electron chi connectivity index (χ0n) is 2.12. The van der Waals surface area contributed by atoms with Gasteiger partial charge in [-0.05, 0) is 0 Å². The van der Waals surface area contributed by atoms with Crippen LogP contribution in [0.1, 0.15) is 0 Å².